The highest BCUT2D eigenvalue weighted by Crippen LogP contribution is 2.38. The highest BCUT2D eigenvalue weighted by molar-refractivity contribution is 7.92. The molecule has 33 heavy (non-hydrogen) atoms. The van der Waals surface area contributed by atoms with Gasteiger partial charge in [-0.2, -0.15) is 18.4 Å². The molecule has 1 saturated carbocycles. The lowest BCUT2D eigenvalue weighted by Crippen LogP contribution is -2.45. The Bertz CT molecular complexity index is 1310. The molecule has 2 heterocycles. The van der Waals surface area contributed by atoms with Crippen LogP contribution in [0.2, 0.25) is 0 Å². The van der Waals surface area contributed by atoms with Crippen molar-refractivity contribution < 1.29 is 26.4 Å². The summed E-state index contributed by atoms with van der Waals surface area (Å²) in [5.41, 5.74) is -3.02. The minimum atomic E-state index is -5.00. The smallest absolute Gasteiger partial charge is 0.336 e. The second kappa shape index (κ2) is 8.00. The Balaban J connectivity index is 1.64. The zero-order valence-electron chi connectivity index (χ0n) is 17.1. The molecule has 8 nitrogen and oxygen atoms in total. The first kappa shape index (κ1) is 23.0. The monoisotopic (exact) mass is 480 g/mol. The minimum absolute atomic E-state index is 0.125. The maximum atomic E-state index is 13.8. The topological polar surface area (TPSA) is 121 Å². The molecule has 1 aliphatic carbocycles. The lowest BCUT2D eigenvalue weighted by molar-refractivity contribution is -0.139. The number of hydrogen-bond acceptors (Lipinski definition) is 6. The van der Waals surface area contributed by atoms with Gasteiger partial charge in [0.25, 0.3) is 5.56 Å². The number of hydrogen-bond donors (Lipinski definition) is 2. The third-order valence-corrected chi connectivity index (χ3v) is 8.05. The molecular formula is C21H19F3N4O4S. The molecule has 0 spiro atoms. The van der Waals surface area contributed by atoms with E-state index in [9.17, 15) is 31.2 Å². The second-order valence-electron chi connectivity index (χ2n) is 8.13. The molecule has 2 atom stereocenters. The van der Waals surface area contributed by atoms with Gasteiger partial charge in [-0.05, 0) is 43.5 Å². The average Bonchev–Trinajstić information content (AvgIpc) is 3.34. The number of alkyl halides is 3. The summed E-state index contributed by atoms with van der Waals surface area (Å²) < 4.78 is 68.8. The largest absolute Gasteiger partial charge is 0.417 e. The molecule has 1 aliphatic heterocycles. The molecular weight excluding hydrogens is 461 g/mol. The number of carbonyl (C=O) groups is 1. The molecule has 0 bridgehead atoms. The molecule has 12 heteroatoms. The Labute approximate surface area is 186 Å². The zero-order valence-corrected chi connectivity index (χ0v) is 17.9. The van der Waals surface area contributed by atoms with Crippen LogP contribution in [0.5, 0.6) is 0 Å². The first-order chi connectivity index (χ1) is 15.5. The number of pyridine rings is 1. The lowest BCUT2D eigenvalue weighted by atomic mass is 10.2. The summed E-state index contributed by atoms with van der Waals surface area (Å²) in [7, 11) is -4.48. The number of carbonyl (C=O) groups excluding carboxylic acids is 1. The van der Waals surface area contributed by atoms with Gasteiger partial charge in [-0.1, -0.05) is 6.07 Å². The average molecular weight is 480 g/mol. The van der Waals surface area contributed by atoms with Crippen LogP contribution in [0.3, 0.4) is 0 Å². The van der Waals surface area contributed by atoms with Gasteiger partial charge >= 0.3 is 6.18 Å². The lowest BCUT2D eigenvalue weighted by Gasteiger charge is -2.18. The van der Waals surface area contributed by atoms with Gasteiger partial charge in [0, 0.05) is 24.5 Å². The van der Waals surface area contributed by atoms with Crippen molar-refractivity contribution in [2.24, 2.45) is 0 Å². The molecule has 1 amide bonds. The van der Waals surface area contributed by atoms with E-state index >= 15 is 0 Å². The van der Waals surface area contributed by atoms with Crippen molar-refractivity contribution in [2.45, 2.75) is 47.2 Å². The van der Waals surface area contributed by atoms with Crippen molar-refractivity contribution in [1.29, 1.82) is 5.26 Å². The van der Waals surface area contributed by atoms with Gasteiger partial charge in [-0.15, -0.1) is 0 Å². The van der Waals surface area contributed by atoms with Crippen molar-refractivity contribution in [2.75, 3.05) is 6.54 Å². The fourth-order valence-electron chi connectivity index (χ4n) is 3.81. The number of aromatic nitrogens is 1. The summed E-state index contributed by atoms with van der Waals surface area (Å²) in [6.07, 6.45) is -2.95. The second-order valence-corrected chi connectivity index (χ2v) is 10.3. The molecule has 1 aromatic heterocycles. The van der Waals surface area contributed by atoms with Crippen LogP contribution < -0.4 is 16.2 Å². The van der Waals surface area contributed by atoms with Crippen LogP contribution in [0, 0.1) is 11.3 Å². The van der Waals surface area contributed by atoms with E-state index in [4.69, 9.17) is 5.26 Å². The number of rotatable bonds is 5. The van der Waals surface area contributed by atoms with E-state index in [2.05, 4.69) is 10.6 Å². The minimum Gasteiger partial charge on any atom is -0.336 e. The van der Waals surface area contributed by atoms with Gasteiger partial charge in [0.05, 0.1) is 27.8 Å². The standard InChI is InChI=1S/C21H19F3N4O4S/c22-21(23,24)15-9-13(28-8-2-1-3-18(28)29)4-5-17(15)33(31,32)14-10-16(26-11-14)19(30)27-20(12-25)6-7-20/h1-5,8-9,14,16,26H,6-7,10-11H2,(H,27,30). The summed E-state index contributed by atoms with van der Waals surface area (Å²) in [4.78, 5) is 23.5. The molecule has 1 saturated heterocycles. The van der Waals surface area contributed by atoms with Crippen LogP contribution in [-0.2, 0) is 20.8 Å². The number of nitrogens with zero attached hydrogens (tertiary/aromatic N) is 2. The van der Waals surface area contributed by atoms with Gasteiger partial charge in [-0.25, -0.2) is 8.42 Å². The summed E-state index contributed by atoms with van der Waals surface area (Å²) in [5.74, 6) is -0.554. The third kappa shape index (κ3) is 4.38. The fourth-order valence-corrected chi connectivity index (χ4v) is 5.67. The Kier molecular flexibility index (Phi) is 5.58. The predicted octanol–water partition coefficient (Wildman–Crippen LogP) is 1.53. The van der Waals surface area contributed by atoms with Gasteiger partial charge < -0.3 is 10.6 Å². The Hall–Kier alpha value is -3.17. The summed E-state index contributed by atoms with van der Waals surface area (Å²) in [6, 6.07) is 7.74. The molecule has 2 fully saturated rings. The Morgan fingerprint density at radius 3 is 2.58 bits per heavy atom. The maximum Gasteiger partial charge on any atom is 0.417 e. The zero-order chi connectivity index (χ0) is 24.0. The Morgan fingerprint density at radius 2 is 1.97 bits per heavy atom. The molecule has 2 N–H and O–H groups in total. The maximum absolute atomic E-state index is 13.8. The third-order valence-electron chi connectivity index (χ3n) is 5.85. The van der Waals surface area contributed by atoms with E-state index in [-0.39, 0.29) is 18.7 Å². The van der Waals surface area contributed by atoms with Crippen molar-refractivity contribution in [1.82, 2.24) is 15.2 Å². The van der Waals surface area contributed by atoms with E-state index in [1.54, 1.807) is 0 Å². The van der Waals surface area contributed by atoms with Crippen molar-refractivity contribution >= 4 is 15.7 Å². The van der Waals surface area contributed by atoms with E-state index in [0.29, 0.717) is 18.9 Å². The number of sulfone groups is 1. The highest BCUT2D eigenvalue weighted by atomic mass is 32.2. The SMILES string of the molecule is N#CC1(NC(=O)C2CC(S(=O)(=O)c3ccc(-n4ccccc4=O)cc3C(F)(F)F)CN2)CC1. The van der Waals surface area contributed by atoms with Gasteiger partial charge in [0.15, 0.2) is 9.84 Å². The molecule has 174 valence electrons. The quantitative estimate of drug-likeness (QED) is 0.670. The predicted molar refractivity (Wildman–Crippen MR) is 110 cm³/mol. The van der Waals surface area contributed by atoms with E-state index < -0.39 is 54.8 Å². The van der Waals surface area contributed by atoms with Crippen LogP contribution in [0.1, 0.15) is 24.8 Å². The van der Waals surface area contributed by atoms with Crippen LogP contribution in [0.15, 0.2) is 52.3 Å². The molecule has 2 aromatic rings. The van der Waals surface area contributed by atoms with E-state index in [0.717, 1.165) is 16.7 Å². The molecule has 0 radical (unpaired) electrons. The van der Waals surface area contributed by atoms with E-state index in [1.807, 2.05) is 6.07 Å². The Morgan fingerprint density at radius 1 is 1.24 bits per heavy atom. The number of halogens is 3. The number of benzene rings is 1. The fraction of sp³-hybridized carbons (Fsp3) is 0.381. The molecule has 4 rings (SSSR count). The summed E-state index contributed by atoms with van der Waals surface area (Å²) in [5, 5.41) is 13.1. The van der Waals surface area contributed by atoms with Crippen LogP contribution >= 0.6 is 0 Å². The molecule has 1 aromatic carbocycles. The normalized spacial score (nSPS) is 21.9. The van der Waals surface area contributed by atoms with Gasteiger partial charge in [0.2, 0.25) is 5.91 Å². The van der Waals surface area contributed by atoms with Crippen molar-refractivity contribution in [3.05, 3.63) is 58.5 Å². The van der Waals surface area contributed by atoms with Crippen LogP contribution in [0.25, 0.3) is 5.69 Å². The van der Waals surface area contributed by atoms with Crippen LogP contribution in [-0.4, -0.2) is 42.3 Å². The first-order valence-corrected chi connectivity index (χ1v) is 11.6. The number of nitrogens with one attached hydrogen (secondary N) is 2. The molecule has 2 aliphatic rings. The van der Waals surface area contributed by atoms with Crippen molar-refractivity contribution in [3.63, 3.8) is 0 Å². The number of amides is 1. The summed E-state index contributed by atoms with van der Waals surface area (Å²) in [6.45, 7) is -0.211. The molecule has 2 unspecified atom stereocenters. The number of nitriles is 1. The first-order valence-electron chi connectivity index (χ1n) is 10.1. The summed E-state index contributed by atoms with van der Waals surface area (Å²) >= 11 is 0. The highest BCUT2D eigenvalue weighted by Gasteiger charge is 2.48. The van der Waals surface area contributed by atoms with Crippen LogP contribution in [0.4, 0.5) is 13.2 Å². The van der Waals surface area contributed by atoms with Crippen molar-refractivity contribution in [3.8, 4) is 11.8 Å². The van der Waals surface area contributed by atoms with E-state index in [1.165, 1.54) is 24.4 Å². The van der Waals surface area contributed by atoms with Gasteiger partial charge in [0.1, 0.15) is 5.54 Å². The van der Waals surface area contributed by atoms with Gasteiger partial charge in [-0.3, -0.25) is 14.2 Å².